The van der Waals surface area contributed by atoms with Gasteiger partial charge < -0.3 is 9.52 Å². The third-order valence-corrected chi connectivity index (χ3v) is 2.42. The average Bonchev–Trinajstić information content (AvgIpc) is 2.43. The van der Waals surface area contributed by atoms with E-state index in [4.69, 9.17) is 9.52 Å². The molecular weight excluding hydrogens is 164 g/mol. The monoisotopic (exact) mass is 176 g/mol. The van der Waals surface area contributed by atoms with Crippen LogP contribution in [0.5, 0.6) is 0 Å². The number of hydrogen-bond donors (Lipinski definition) is 1. The Morgan fingerprint density at radius 2 is 2.08 bits per heavy atom. The third kappa shape index (κ3) is 1.23. The van der Waals surface area contributed by atoms with Crippen LogP contribution in [0, 0.1) is 13.8 Å². The Labute approximate surface area is 76.8 Å². The molecule has 0 aliphatic rings. The van der Waals surface area contributed by atoms with Crippen molar-refractivity contribution in [3.63, 3.8) is 0 Å². The number of rotatable bonds is 1. The molecule has 68 valence electrons. The second-order valence-electron chi connectivity index (χ2n) is 3.27. The number of aliphatic hydroxyl groups is 1. The van der Waals surface area contributed by atoms with Crippen LogP contribution in [0.4, 0.5) is 0 Å². The van der Waals surface area contributed by atoms with Crippen molar-refractivity contribution in [1.29, 1.82) is 0 Å². The van der Waals surface area contributed by atoms with Crippen molar-refractivity contribution in [3.05, 3.63) is 35.1 Å². The van der Waals surface area contributed by atoms with E-state index in [-0.39, 0.29) is 6.61 Å². The van der Waals surface area contributed by atoms with Crippen molar-refractivity contribution in [2.45, 2.75) is 20.5 Å². The van der Waals surface area contributed by atoms with Crippen molar-refractivity contribution in [3.8, 4) is 0 Å². The Morgan fingerprint density at radius 1 is 1.31 bits per heavy atom. The molecule has 1 aromatic heterocycles. The molecule has 2 rings (SSSR count). The summed E-state index contributed by atoms with van der Waals surface area (Å²) in [5.41, 5.74) is 2.98. The summed E-state index contributed by atoms with van der Waals surface area (Å²) < 4.78 is 5.52. The Bertz CT molecular complexity index is 441. The first-order valence-corrected chi connectivity index (χ1v) is 4.32. The lowest BCUT2D eigenvalue weighted by Crippen LogP contribution is -1.81. The Kier molecular flexibility index (Phi) is 1.85. The first-order chi connectivity index (χ1) is 6.22. The normalized spacial score (nSPS) is 11.0. The van der Waals surface area contributed by atoms with E-state index in [0.717, 1.165) is 27.9 Å². The van der Waals surface area contributed by atoms with E-state index >= 15 is 0 Å². The van der Waals surface area contributed by atoms with Gasteiger partial charge >= 0.3 is 0 Å². The van der Waals surface area contributed by atoms with Crippen molar-refractivity contribution in [1.82, 2.24) is 0 Å². The molecule has 2 nitrogen and oxygen atoms in total. The number of aliphatic hydroxyl groups excluding tert-OH is 1. The SMILES string of the molecule is Cc1oc2ccc(CO)cc2c1C. The molecule has 0 unspecified atom stereocenters. The summed E-state index contributed by atoms with van der Waals surface area (Å²) in [5.74, 6) is 0.949. The van der Waals surface area contributed by atoms with Crippen LogP contribution in [0.1, 0.15) is 16.9 Å². The van der Waals surface area contributed by atoms with Crippen LogP contribution in [-0.4, -0.2) is 5.11 Å². The Morgan fingerprint density at radius 3 is 2.77 bits per heavy atom. The lowest BCUT2D eigenvalue weighted by atomic mass is 10.1. The molecule has 0 aliphatic carbocycles. The van der Waals surface area contributed by atoms with Crippen molar-refractivity contribution in [2.24, 2.45) is 0 Å². The molecule has 0 aliphatic heterocycles. The first-order valence-electron chi connectivity index (χ1n) is 4.32. The minimum absolute atomic E-state index is 0.0829. The first kappa shape index (κ1) is 8.32. The predicted octanol–water partition coefficient (Wildman–Crippen LogP) is 2.54. The van der Waals surface area contributed by atoms with E-state index < -0.39 is 0 Å². The maximum atomic E-state index is 8.96. The zero-order valence-electron chi connectivity index (χ0n) is 7.79. The van der Waals surface area contributed by atoms with E-state index in [1.165, 1.54) is 0 Å². The van der Waals surface area contributed by atoms with Crippen LogP contribution < -0.4 is 0 Å². The highest BCUT2D eigenvalue weighted by Crippen LogP contribution is 2.25. The Balaban J connectivity index is 2.75. The molecule has 13 heavy (non-hydrogen) atoms. The topological polar surface area (TPSA) is 33.4 Å². The van der Waals surface area contributed by atoms with Gasteiger partial charge in [0.25, 0.3) is 0 Å². The fourth-order valence-corrected chi connectivity index (χ4v) is 1.49. The third-order valence-electron chi connectivity index (χ3n) is 2.42. The molecular formula is C11H12O2. The molecule has 0 saturated heterocycles. The second-order valence-corrected chi connectivity index (χ2v) is 3.27. The largest absolute Gasteiger partial charge is 0.461 e. The summed E-state index contributed by atoms with van der Waals surface area (Å²) >= 11 is 0. The van der Waals surface area contributed by atoms with Gasteiger partial charge in [-0.1, -0.05) is 6.07 Å². The fourth-order valence-electron chi connectivity index (χ4n) is 1.49. The van der Waals surface area contributed by atoms with Gasteiger partial charge in [-0.2, -0.15) is 0 Å². The van der Waals surface area contributed by atoms with Crippen LogP contribution in [-0.2, 0) is 6.61 Å². The molecule has 0 spiro atoms. The fraction of sp³-hybridized carbons (Fsp3) is 0.273. The maximum Gasteiger partial charge on any atom is 0.134 e. The molecule has 0 radical (unpaired) electrons. The molecule has 2 aromatic rings. The lowest BCUT2D eigenvalue weighted by molar-refractivity contribution is 0.282. The highest BCUT2D eigenvalue weighted by atomic mass is 16.3. The highest BCUT2D eigenvalue weighted by molar-refractivity contribution is 5.82. The van der Waals surface area contributed by atoms with Crippen LogP contribution in [0.3, 0.4) is 0 Å². The van der Waals surface area contributed by atoms with Gasteiger partial charge in [0.15, 0.2) is 0 Å². The average molecular weight is 176 g/mol. The number of benzene rings is 1. The molecule has 0 bridgehead atoms. The molecule has 1 heterocycles. The predicted molar refractivity (Wildman–Crippen MR) is 51.6 cm³/mol. The van der Waals surface area contributed by atoms with Crippen molar-refractivity contribution >= 4 is 11.0 Å². The zero-order chi connectivity index (χ0) is 9.42. The van der Waals surface area contributed by atoms with E-state index in [0.29, 0.717) is 0 Å². The van der Waals surface area contributed by atoms with Crippen LogP contribution in [0.2, 0.25) is 0 Å². The van der Waals surface area contributed by atoms with Crippen molar-refractivity contribution < 1.29 is 9.52 Å². The van der Waals surface area contributed by atoms with Gasteiger partial charge in [-0.3, -0.25) is 0 Å². The summed E-state index contributed by atoms with van der Waals surface area (Å²) in [6, 6.07) is 5.76. The minimum Gasteiger partial charge on any atom is -0.461 e. The van der Waals surface area contributed by atoms with Gasteiger partial charge in [0.2, 0.25) is 0 Å². The quantitative estimate of drug-likeness (QED) is 0.724. The van der Waals surface area contributed by atoms with Crippen LogP contribution in [0.25, 0.3) is 11.0 Å². The lowest BCUT2D eigenvalue weighted by Gasteiger charge is -1.94. The van der Waals surface area contributed by atoms with Gasteiger partial charge in [-0.15, -0.1) is 0 Å². The summed E-state index contributed by atoms with van der Waals surface area (Å²) in [7, 11) is 0. The van der Waals surface area contributed by atoms with E-state index in [1.807, 2.05) is 32.0 Å². The van der Waals surface area contributed by atoms with Gasteiger partial charge in [0.05, 0.1) is 6.61 Å². The number of fused-ring (bicyclic) bond motifs is 1. The Hall–Kier alpha value is -1.28. The molecule has 1 N–H and O–H groups in total. The summed E-state index contributed by atoms with van der Waals surface area (Å²) in [6.45, 7) is 4.07. The number of aryl methyl sites for hydroxylation is 2. The molecule has 0 atom stereocenters. The molecule has 1 aromatic carbocycles. The van der Waals surface area contributed by atoms with Crippen molar-refractivity contribution in [2.75, 3.05) is 0 Å². The molecule has 0 amide bonds. The molecule has 0 saturated carbocycles. The summed E-state index contributed by atoms with van der Waals surface area (Å²) in [4.78, 5) is 0. The van der Waals surface area contributed by atoms with Gasteiger partial charge in [0.1, 0.15) is 11.3 Å². The van der Waals surface area contributed by atoms with Crippen LogP contribution in [0.15, 0.2) is 22.6 Å². The number of furan rings is 1. The minimum atomic E-state index is 0.0829. The van der Waals surface area contributed by atoms with E-state index in [1.54, 1.807) is 0 Å². The standard InChI is InChI=1S/C11H12O2/c1-7-8(2)13-11-4-3-9(6-12)5-10(7)11/h3-5,12H,6H2,1-2H3. The van der Waals surface area contributed by atoms with Gasteiger partial charge in [-0.05, 0) is 37.1 Å². The molecule has 2 heteroatoms. The van der Waals surface area contributed by atoms with E-state index in [2.05, 4.69) is 0 Å². The summed E-state index contributed by atoms with van der Waals surface area (Å²) in [5, 5.41) is 10.1. The zero-order valence-corrected chi connectivity index (χ0v) is 7.79. The van der Waals surface area contributed by atoms with Gasteiger partial charge in [0, 0.05) is 5.39 Å². The van der Waals surface area contributed by atoms with E-state index in [9.17, 15) is 0 Å². The molecule has 0 fully saturated rings. The maximum absolute atomic E-state index is 8.96. The van der Waals surface area contributed by atoms with Gasteiger partial charge in [-0.25, -0.2) is 0 Å². The highest BCUT2D eigenvalue weighted by Gasteiger charge is 2.06. The smallest absolute Gasteiger partial charge is 0.134 e. The second kappa shape index (κ2) is 2.89. The number of hydrogen-bond acceptors (Lipinski definition) is 2. The summed E-state index contributed by atoms with van der Waals surface area (Å²) in [6.07, 6.45) is 0. The van der Waals surface area contributed by atoms with Crippen LogP contribution >= 0.6 is 0 Å².